The number of carbonyl (C=O) groups excluding carboxylic acids is 1. The molecule has 7 heteroatoms. The first kappa shape index (κ1) is 16.0. The first-order valence-corrected chi connectivity index (χ1v) is 7.21. The van der Waals surface area contributed by atoms with Gasteiger partial charge in [-0.1, -0.05) is 34.8 Å². The van der Waals surface area contributed by atoms with Crippen LogP contribution >= 0.6 is 34.8 Å². The molecule has 0 bridgehead atoms. The summed E-state index contributed by atoms with van der Waals surface area (Å²) in [6.07, 6.45) is 1.54. The van der Waals surface area contributed by atoms with Crippen molar-refractivity contribution in [2.75, 3.05) is 6.61 Å². The lowest BCUT2D eigenvalue weighted by molar-refractivity contribution is -0.123. The highest BCUT2D eigenvalue weighted by Gasteiger charge is 2.14. The minimum absolute atomic E-state index is 0.216. The quantitative estimate of drug-likeness (QED) is 0.865. The number of amides is 1. The van der Waals surface area contributed by atoms with Crippen LogP contribution in [0.2, 0.25) is 15.1 Å². The Hall–Kier alpha value is -1.36. The summed E-state index contributed by atoms with van der Waals surface area (Å²) in [5.74, 6) is 0.565. The molecule has 0 radical (unpaired) electrons. The zero-order valence-corrected chi connectivity index (χ0v) is 13.3. The van der Waals surface area contributed by atoms with E-state index in [0.717, 1.165) is 0 Å². The molecule has 0 spiro atoms. The topological polar surface area (TPSA) is 51.5 Å². The molecule has 1 atom stereocenters. The number of halogens is 3. The third kappa shape index (κ3) is 4.30. The Balaban J connectivity index is 1.93. The van der Waals surface area contributed by atoms with E-state index in [2.05, 4.69) is 5.32 Å². The first-order chi connectivity index (χ1) is 9.97. The maximum atomic E-state index is 11.8. The number of furan rings is 1. The van der Waals surface area contributed by atoms with E-state index in [1.54, 1.807) is 25.3 Å². The summed E-state index contributed by atoms with van der Waals surface area (Å²) < 4.78 is 10.5. The molecule has 0 aliphatic heterocycles. The summed E-state index contributed by atoms with van der Waals surface area (Å²) in [5.41, 5.74) is 0. The minimum Gasteiger partial charge on any atom is -0.481 e. The van der Waals surface area contributed by atoms with Crippen molar-refractivity contribution >= 4 is 40.7 Å². The third-order valence-corrected chi connectivity index (χ3v) is 3.44. The Morgan fingerprint density at radius 1 is 1.33 bits per heavy atom. The maximum absolute atomic E-state index is 11.8. The van der Waals surface area contributed by atoms with E-state index in [9.17, 15) is 4.79 Å². The van der Waals surface area contributed by atoms with Gasteiger partial charge in [0.25, 0.3) is 5.91 Å². The van der Waals surface area contributed by atoms with E-state index >= 15 is 0 Å². The van der Waals surface area contributed by atoms with Gasteiger partial charge in [-0.3, -0.25) is 4.79 Å². The van der Waals surface area contributed by atoms with Crippen molar-refractivity contribution in [1.82, 2.24) is 5.32 Å². The van der Waals surface area contributed by atoms with Crippen molar-refractivity contribution in [3.63, 3.8) is 0 Å². The van der Waals surface area contributed by atoms with E-state index in [0.29, 0.717) is 10.8 Å². The van der Waals surface area contributed by atoms with Crippen LogP contribution in [-0.4, -0.2) is 12.5 Å². The van der Waals surface area contributed by atoms with Gasteiger partial charge in [0.05, 0.1) is 22.4 Å². The number of rotatable bonds is 5. The van der Waals surface area contributed by atoms with E-state index < -0.39 is 0 Å². The van der Waals surface area contributed by atoms with Gasteiger partial charge in [0.1, 0.15) is 5.76 Å². The molecule has 1 unspecified atom stereocenters. The number of benzene rings is 1. The van der Waals surface area contributed by atoms with Crippen LogP contribution in [0.4, 0.5) is 0 Å². The summed E-state index contributed by atoms with van der Waals surface area (Å²) in [4.78, 5) is 11.8. The fourth-order valence-corrected chi connectivity index (χ4v) is 2.62. The highest BCUT2D eigenvalue weighted by molar-refractivity contribution is 6.40. The Morgan fingerprint density at radius 2 is 2.00 bits per heavy atom. The number of hydrogen-bond acceptors (Lipinski definition) is 3. The molecule has 1 aromatic carbocycles. The maximum Gasteiger partial charge on any atom is 0.258 e. The lowest BCUT2D eigenvalue weighted by atomic mass is 10.2. The summed E-state index contributed by atoms with van der Waals surface area (Å²) in [5, 5.41) is 3.63. The Morgan fingerprint density at radius 3 is 2.57 bits per heavy atom. The second-order valence-electron chi connectivity index (χ2n) is 4.29. The molecule has 2 rings (SSSR count). The lowest BCUT2D eigenvalue weighted by Crippen LogP contribution is -2.31. The highest BCUT2D eigenvalue weighted by atomic mass is 35.5. The number of nitrogens with one attached hydrogen (secondary N) is 1. The zero-order chi connectivity index (χ0) is 15.4. The summed E-state index contributed by atoms with van der Waals surface area (Å²) in [7, 11) is 0. The van der Waals surface area contributed by atoms with Crippen LogP contribution in [0.15, 0.2) is 34.9 Å². The second-order valence-corrected chi connectivity index (χ2v) is 5.54. The molecular weight excluding hydrogens is 337 g/mol. The van der Waals surface area contributed by atoms with Gasteiger partial charge in [-0.05, 0) is 31.2 Å². The van der Waals surface area contributed by atoms with Crippen LogP contribution in [0.5, 0.6) is 5.75 Å². The molecule has 1 N–H and O–H groups in total. The van der Waals surface area contributed by atoms with E-state index in [1.807, 2.05) is 0 Å². The van der Waals surface area contributed by atoms with Crippen LogP contribution in [0.1, 0.15) is 18.7 Å². The molecule has 1 amide bonds. The van der Waals surface area contributed by atoms with Crippen molar-refractivity contribution in [3.05, 3.63) is 51.4 Å². The Labute approximate surface area is 136 Å². The van der Waals surface area contributed by atoms with Gasteiger partial charge in [0.2, 0.25) is 0 Å². The van der Waals surface area contributed by atoms with E-state index in [4.69, 9.17) is 44.0 Å². The van der Waals surface area contributed by atoms with Crippen LogP contribution < -0.4 is 10.1 Å². The zero-order valence-electron chi connectivity index (χ0n) is 11.0. The molecule has 112 valence electrons. The molecule has 1 heterocycles. The highest BCUT2D eigenvalue weighted by Crippen LogP contribution is 2.35. The van der Waals surface area contributed by atoms with Crippen LogP contribution in [0, 0.1) is 0 Å². The van der Waals surface area contributed by atoms with E-state index in [-0.39, 0.29) is 34.4 Å². The van der Waals surface area contributed by atoms with Crippen LogP contribution in [-0.2, 0) is 4.79 Å². The van der Waals surface area contributed by atoms with Gasteiger partial charge in [-0.25, -0.2) is 0 Å². The Kier molecular flexibility index (Phi) is 5.39. The predicted molar refractivity (Wildman–Crippen MR) is 82.2 cm³/mol. The minimum atomic E-state index is -0.319. The standard InChI is InChI=1S/C14H12Cl3NO3/c1-8(12-3-2-4-20-12)18-13(19)7-21-14-10(16)5-9(15)6-11(14)17/h2-6,8H,7H2,1H3,(H,18,19). The summed E-state index contributed by atoms with van der Waals surface area (Å²) in [6, 6.07) is 6.26. The smallest absolute Gasteiger partial charge is 0.258 e. The molecule has 2 aromatic rings. The second kappa shape index (κ2) is 7.07. The number of ether oxygens (including phenoxy) is 1. The van der Waals surface area contributed by atoms with Crippen LogP contribution in [0.25, 0.3) is 0 Å². The van der Waals surface area contributed by atoms with Crippen molar-refractivity contribution in [2.45, 2.75) is 13.0 Å². The van der Waals surface area contributed by atoms with E-state index in [1.165, 1.54) is 12.1 Å². The van der Waals surface area contributed by atoms with Crippen molar-refractivity contribution < 1.29 is 13.9 Å². The molecule has 0 saturated heterocycles. The van der Waals surface area contributed by atoms with Crippen LogP contribution in [0.3, 0.4) is 0 Å². The molecule has 0 saturated carbocycles. The molecule has 0 aliphatic rings. The molecule has 1 aromatic heterocycles. The van der Waals surface area contributed by atoms with Crippen molar-refractivity contribution in [3.8, 4) is 5.75 Å². The number of hydrogen-bond donors (Lipinski definition) is 1. The van der Waals surface area contributed by atoms with Gasteiger partial charge in [0.15, 0.2) is 12.4 Å². The predicted octanol–water partition coefficient (Wildman–Crippen LogP) is 4.50. The fourth-order valence-electron chi connectivity index (χ4n) is 1.70. The number of carbonyl (C=O) groups is 1. The van der Waals surface area contributed by atoms with Gasteiger partial charge < -0.3 is 14.5 Å². The van der Waals surface area contributed by atoms with Gasteiger partial charge in [-0.2, -0.15) is 0 Å². The normalized spacial score (nSPS) is 12.0. The van der Waals surface area contributed by atoms with Crippen molar-refractivity contribution in [1.29, 1.82) is 0 Å². The molecule has 4 nitrogen and oxygen atoms in total. The lowest BCUT2D eigenvalue weighted by Gasteiger charge is -2.13. The molecular formula is C14H12Cl3NO3. The molecule has 21 heavy (non-hydrogen) atoms. The largest absolute Gasteiger partial charge is 0.481 e. The average molecular weight is 349 g/mol. The first-order valence-electron chi connectivity index (χ1n) is 6.07. The monoisotopic (exact) mass is 347 g/mol. The van der Waals surface area contributed by atoms with Crippen molar-refractivity contribution in [2.24, 2.45) is 0 Å². The molecule has 0 fully saturated rings. The molecule has 0 aliphatic carbocycles. The fraction of sp³-hybridized carbons (Fsp3) is 0.214. The SMILES string of the molecule is CC(NC(=O)COc1c(Cl)cc(Cl)cc1Cl)c1ccco1. The summed E-state index contributed by atoms with van der Waals surface area (Å²) >= 11 is 17.7. The van der Waals surface area contributed by atoms with Gasteiger partial charge >= 0.3 is 0 Å². The third-order valence-electron chi connectivity index (χ3n) is 2.66. The van der Waals surface area contributed by atoms with Gasteiger partial charge in [-0.15, -0.1) is 0 Å². The Bertz CT molecular complexity index is 605. The summed E-state index contributed by atoms with van der Waals surface area (Å²) in [6.45, 7) is 1.59. The average Bonchev–Trinajstić information content (AvgIpc) is 2.91. The van der Waals surface area contributed by atoms with Gasteiger partial charge in [0, 0.05) is 5.02 Å².